The number of fused-ring (bicyclic) bond motifs is 1. The Kier molecular flexibility index (Phi) is 5.16. The van der Waals surface area contributed by atoms with Crippen molar-refractivity contribution in [1.82, 2.24) is 16.0 Å². The number of halogens is 1. The van der Waals surface area contributed by atoms with Gasteiger partial charge in [-0.3, -0.25) is 0 Å². The Morgan fingerprint density at radius 1 is 1.27 bits per heavy atom. The van der Waals surface area contributed by atoms with E-state index in [0.29, 0.717) is 17.4 Å². The van der Waals surface area contributed by atoms with Crippen molar-refractivity contribution in [2.75, 3.05) is 13.1 Å². The lowest BCUT2D eigenvalue weighted by Crippen LogP contribution is -2.42. The number of carbonyl (C=O) groups excluding carboxylic acids is 1. The molecular weight excluding hydrogens is 342 g/mol. The maximum atomic E-state index is 11.7. The third kappa shape index (κ3) is 3.70. The number of allylic oxidation sites excluding steroid dienone is 2. The number of nitrogens with one attached hydrogen (secondary N) is 3. The van der Waals surface area contributed by atoms with Crippen molar-refractivity contribution in [3.63, 3.8) is 0 Å². The molecule has 2 amide bonds. The van der Waals surface area contributed by atoms with Crippen molar-refractivity contribution in [1.29, 1.82) is 0 Å². The van der Waals surface area contributed by atoms with Gasteiger partial charge in [0.25, 0.3) is 0 Å². The molecule has 0 bridgehead atoms. The van der Waals surface area contributed by atoms with Gasteiger partial charge in [-0.05, 0) is 36.8 Å². The second-order valence-corrected chi connectivity index (χ2v) is 6.95. The van der Waals surface area contributed by atoms with Gasteiger partial charge in [-0.2, -0.15) is 0 Å². The summed E-state index contributed by atoms with van der Waals surface area (Å²) in [5.74, 6) is 0. The topological polar surface area (TPSA) is 53.2 Å². The maximum Gasteiger partial charge on any atom is 0.319 e. The van der Waals surface area contributed by atoms with Crippen molar-refractivity contribution < 1.29 is 4.79 Å². The SMILES string of the molecule is O=C(NCCNC1CCCc2ccccc21)NC1=CC[C@H]1Br. The van der Waals surface area contributed by atoms with Crippen LogP contribution in [0.25, 0.3) is 0 Å². The predicted octanol–water partition coefficient (Wildman–Crippen LogP) is 3.00. The van der Waals surface area contributed by atoms with Crippen LogP contribution in [0.3, 0.4) is 0 Å². The highest BCUT2D eigenvalue weighted by Crippen LogP contribution is 2.29. The molecule has 0 heterocycles. The first-order valence-electron chi connectivity index (χ1n) is 7.94. The van der Waals surface area contributed by atoms with Crippen LogP contribution in [0.15, 0.2) is 36.0 Å². The minimum absolute atomic E-state index is 0.124. The van der Waals surface area contributed by atoms with Crippen LogP contribution in [0.4, 0.5) is 4.79 Å². The zero-order valence-electron chi connectivity index (χ0n) is 12.6. The lowest BCUT2D eigenvalue weighted by Gasteiger charge is -2.26. The summed E-state index contributed by atoms with van der Waals surface area (Å²) in [5.41, 5.74) is 3.84. The Morgan fingerprint density at radius 3 is 2.91 bits per heavy atom. The first-order chi connectivity index (χ1) is 10.7. The van der Waals surface area contributed by atoms with Crippen LogP contribution in [-0.4, -0.2) is 23.9 Å². The number of urea groups is 1. The largest absolute Gasteiger partial charge is 0.337 e. The number of hydrogen-bond donors (Lipinski definition) is 3. The number of carbonyl (C=O) groups is 1. The maximum absolute atomic E-state index is 11.7. The Balaban J connectivity index is 1.40. The van der Waals surface area contributed by atoms with Crippen molar-refractivity contribution in [2.45, 2.75) is 36.6 Å². The molecule has 5 heteroatoms. The first-order valence-corrected chi connectivity index (χ1v) is 8.86. The standard InChI is InChI=1S/C17H22BrN3O/c18-14-8-9-16(14)21-17(22)20-11-10-19-15-7-3-5-12-4-1-2-6-13(12)15/h1-2,4,6,9,14-15,19H,3,5,7-8,10-11H2,(H2,20,21,22)/t14-,15?/m1/s1. The summed E-state index contributed by atoms with van der Waals surface area (Å²) >= 11 is 3.48. The van der Waals surface area contributed by atoms with Crippen LogP contribution < -0.4 is 16.0 Å². The molecule has 0 radical (unpaired) electrons. The lowest BCUT2D eigenvalue weighted by molar-refractivity contribution is 0.242. The molecule has 3 N–H and O–H groups in total. The number of alkyl halides is 1. The van der Waals surface area contributed by atoms with E-state index in [2.05, 4.69) is 56.1 Å². The Morgan fingerprint density at radius 2 is 2.14 bits per heavy atom. The van der Waals surface area contributed by atoms with Crippen LogP contribution >= 0.6 is 15.9 Å². The van der Waals surface area contributed by atoms with E-state index in [1.165, 1.54) is 30.4 Å². The summed E-state index contributed by atoms with van der Waals surface area (Å²) in [5, 5.41) is 9.31. The number of hydrogen-bond acceptors (Lipinski definition) is 2. The van der Waals surface area contributed by atoms with Crippen molar-refractivity contribution in [2.24, 2.45) is 0 Å². The molecule has 0 spiro atoms. The van der Waals surface area contributed by atoms with Gasteiger partial charge in [0.2, 0.25) is 0 Å². The average molecular weight is 364 g/mol. The van der Waals surface area contributed by atoms with Gasteiger partial charge in [-0.1, -0.05) is 46.3 Å². The minimum Gasteiger partial charge on any atom is -0.337 e. The zero-order chi connectivity index (χ0) is 15.4. The van der Waals surface area contributed by atoms with Gasteiger partial charge in [0.05, 0.1) is 4.83 Å². The summed E-state index contributed by atoms with van der Waals surface area (Å²) in [6.07, 6.45) is 6.58. The number of benzene rings is 1. The first kappa shape index (κ1) is 15.6. The second kappa shape index (κ2) is 7.29. The van der Waals surface area contributed by atoms with Crippen LogP contribution in [0.5, 0.6) is 0 Å². The minimum atomic E-state index is -0.124. The zero-order valence-corrected chi connectivity index (χ0v) is 14.2. The molecule has 0 fully saturated rings. The Hall–Kier alpha value is -1.33. The van der Waals surface area contributed by atoms with Crippen LogP contribution in [0.2, 0.25) is 0 Å². The third-order valence-corrected chi connectivity index (χ3v) is 5.18. The van der Waals surface area contributed by atoms with Gasteiger partial charge in [0, 0.05) is 24.8 Å². The molecule has 0 aliphatic heterocycles. The van der Waals surface area contributed by atoms with E-state index in [1.807, 2.05) is 6.08 Å². The predicted molar refractivity (Wildman–Crippen MR) is 92.1 cm³/mol. The third-order valence-electron chi connectivity index (χ3n) is 4.31. The highest BCUT2D eigenvalue weighted by atomic mass is 79.9. The molecule has 0 aromatic heterocycles. The van der Waals surface area contributed by atoms with E-state index < -0.39 is 0 Å². The van der Waals surface area contributed by atoms with Crippen molar-refractivity contribution >= 4 is 22.0 Å². The molecule has 22 heavy (non-hydrogen) atoms. The Labute approximate surface area is 139 Å². The second-order valence-electron chi connectivity index (χ2n) is 5.84. The van der Waals surface area contributed by atoms with Gasteiger partial charge >= 0.3 is 6.03 Å². The van der Waals surface area contributed by atoms with Crippen molar-refractivity contribution in [3.05, 3.63) is 47.2 Å². The summed E-state index contributed by atoms with van der Waals surface area (Å²) in [7, 11) is 0. The number of amides is 2. The van der Waals surface area contributed by atoms with E-state index in [4.69, 9.17) is 0 Å². The van der Waals surface area contributed by atoms with Gasteiger partial charge in [0.15, 0.2) is 0 Å². The number of aryl methyl sites for hydroxylation is 1. The molecule has 4 nitrogen and oxygen atoms in total. The van der Waals surface area contributed by atoms with Crippen LogP contribution in [0.1, 0.15) is 36.4 Å². The van der Waals surface area contributed by atoms with Crippen LogP contribution in [0, 0.1) is 0 Å². The van der Waals surface area contributed by atoms with Gasteiger partial charge in [-0.25, -0.2) is 4.79 Å². The molecule has 1 unspecified atom stereocenters. The molecule has 2 atom stereocenters. The molecule has 1 aromatic carbocycles. The van der Waals surface area contributed by atoms with E-state index >= 15 is 0 Å². The van der Waals surface area contributed by atoms with E-state index in [0.717, 1.165) is 18.7 Å². The monoisotopic (exact) mass is 363 g/mol. The average Bonchev–Trinajstić information content (AvgIpc) is 2.55. The fraction of sp³-hybridized carbons (Fsp3) is 0.471. The van der Waals surface area contributed by atoms with E-state index in [9.17, 15) is 4.79 Å². The molecule has 118 valence electrons. The van der Waals surface area contributed by atoms with Crippen LogP contribution in [-0.2, 0) is 6.42 Å². The molecule has 3 rings (SSSR count). The summed E-state index contributed by atoms with van der Waals surface area (Å²) in [4.78, 5) is 12.0. The molecule has 0 saturated heterocycles. The fourth-order valence-electron chi connectivity index (χ4n) is 3.02. The quantitative estimate of drug-likeness (QED) is 0.556. The highest BCUT2D eigenvalue weighted by molar-refractivity contribution is 9.09. The summed E-state index contributed by atoms with van der Waals surface area (Å²) in [6, 6.07) is 8.94. The summed E-state index contributed by atoms with van der Waals surface area (Å²) in [6.45, 7) is 1.41. The molecule has 2 aliphatic rings. The summed E-state index contributed by atoms with van der Waals surface area (Å²) < 4.78 is 0. The highest BCUT2D eigenvalue weighted by Gasteiger charge is 2.20. The lowest BCUT2D eigenvalue weighted by atomic mass is 9.88. The molecule has 2 aliphatic carbocycles. The van der Waals surface area contributed by atoms with Gasteiger partial charge in [-0.15, -0.1) is 0 Å². The molecular formula is C17H22BrN3O. The molecule has 0 saturated carbocycles. The van der Waals surface area contributed by atoms with Gasteiger partial charge in [0.1, 0.15) is 0 Å². The molecule has 1 aromatic rings. The normalized spacial score (nSPS) is 23.0. The Bertz CT molecular complexity index is 573. The fourth-order valence-corrected chi connectivity index (χ4v) is 3.51. The van der Waals surface area contributed by atoms with E-state index in [1.54, 1.807) is 0 Å². The smallest absolute Gasteiger partial charge is 0.319 e. The van der Waals surface area contributed by atoms with E-state index in [-0.39, 0.29) is 6.03 Å². The number of rotatable bonds is 5. The van der Waals surface area contributed by atoms with Gasteiger partial charge < -0.3 is 16.0 Å². The van der Waals surface area contributed by atoms with Crippen molar-refractivity contribution in [3.8, 4) is 0 Å².